The fourth-order valence-electron chi connectivity index (χ4n) is 2.94. The average Bonchev–Trinajstić information content (AvgIpc) is 3.19. The summed E-state index contributed by atoms with van der Waals surface area (Å²) in [6.45, 7) is 5.45. The van der Waals surface area contributed by atoms with Crippen molar-refractivity contribution in [2.75, 3.05) is 26.2 Å². The third kappa shape index (κ3) is 3.45. The molecule has 1 saturated heterocycles. The fraction of sp³-hybridized carbons (Fsp3) is 0.929. The van der Waals surface area contributed by atoms with Crippen LogP contribution in [0.4, 0.5) is 0 Å². The molecule has 2 N–H and O–H groups in total. The molecule has 2 rings (SSSR count). The van der Waals surface area contributed by atoms with Crippen molar-refractivity contribution in [2.45, 2.75) is 57.5 Å². The number of carbonyl (C=O) groups is 1. The van der Waals surface area contributed by atoms with Crippen LogP contribution in [0.5, 0.6) is 0 Å². The van der Waals surface area contributed by atoms with E-state index < -0.39 is 0 Å². The number of hydrogen-bond acceptors (Lipinski definition) is 3. The van der Waals surface area contributed by atoms with E-state index in [2.05, 4.69) is 16.7 Å². The molecule has 0 bridgehead atoms. The van der Waals surface area contributed by atoms with Gasteiger partial charge in [0.15, 0.2) is 0 Å². The van der Waals surface area contributed by atoms with Gasteiger partial charge in [0.05, 0.1) is 6.04 Å². The number of nitrogens with two attached hydrogens (primary N) is 1. The summed E-state index contributed by atoms with van der Waals surface area (Å²) in [7, 11) is 0. The maximum Gasteiger partial charge on any atom is 0.239 e. The topological polar surface area (TPSA) is 49.6 Å². The van der Waals surface area contributed by atoms with Gasteiger partial charge < -0.3 is 10.6 Å². The van der Waals surface area contributed by atoms with Gasteiger partial charge in [0.1, 0.15) is 0 Å². The first-order valence-electron chi connectivity index (χ1n) is 7.48. The number of amides is 1. The highest BCUT2D eigenvalue weighted by atomic mass is 16.2. The molecule has 1 aliphatic carbocycles. The van der Waals surface area contributed by atoms with Gasteiger partial charge in [0.25, 0.3) is 0 Å². The second-order valence-corrected chi connectivity index (χ2v) is 5.67. The molecule has 1 amide bonds. The molecule has 4 nitrogen and oxygen atoms in total. The quantitative estimate of drug-likeness (QED) is 0.801. The standard InChI is InChI=1S/C14H27N3O/c1-12(17(11-8-15)13-6-7-13)14(18)16-9-4-2-3-5-10-16/h12-13H,2-11,15H2,1H3. The third-order valence-electron chi connectivity index (χ3n) is 4.18. The van der Waals surface area contributed by atoms with Crippen molar-refractivity contribution in [3.8, 4) is 0 Å². The highest BCUT2D eigenvalue weighted by Gasteiger charge is 2.35. The van der Waals surface area contributed by atoms with Crippen LogP contribution in [0, 0.1) is 0 Å². The van der Waals surface area contributed by atoms with Crippen LogP contribution < -0.4 is 5.73 Å². The fourth-order valence-corrected chi connectivity index (χ4v) is 2.94. The van der Waals surface area contributed by atoms with Crippen LogP contribution in [0.25, 0.3) is 0 Å². The van der Waals surface area contributed by atoms with Crippen molar-refractivity contribution in [3.63, 3.8) is 0 Å². The second kappa shape index (κ2) is 6.53. The zero-order chi connectivity index (χ0) is 13.0. The minimum atomic E-state index is 0.0131. The normalized spacial score (nSPS) is 22.9. The van der Waals surface area contributed by atoms with Crippen LogP contribution >= 0.6 is 0 Å². The molecule has 18 heavy (non-hydrogen) atoms. The third-order valence-corrected chi connectivity index (χ3v) is 4.18. The van der Waals surface area contributed by atoms with Gasteiger partial charge >= 0.3 is 0 Å². The Balaban J connectivity index is 1.92. The van der Waals surface area contributed by atoms with Gasteiger partial charge in [-0.05, 0) is 32.6 Å². The Labute approximate surface area is 110 Å². The lowest BCUT2D eigenvalue weighted by Crippen LogP contribution is -2.49. The van der Waals surface area contributed by atoms with E-state index in [0.29, 0.717) is 18.5 Å². The summed E-state index contributed by atoms with van der Waals surface area (Å²) in [6, 6.07) is 0.624. The molecular weight excluding hydrogens is 226 g/mol. The van der Waals surface area contributed by atoms with E-state index in [1.165, 1.54) is 38.5 Å². The lowest BCUT2D eigenvalue weighted by Gasteiger charge is -2.32. The molecule has 4 heteroatoms. The van der Waals surface area contributed by atoms with E-state index in [0.717, 1.165) is 19.6 Å². The Hall–Kier alpha value is -0.610. The van der Waals surface area contributed by atoms with E-state index in [1.54, 1.807) is 0 Å². The van der Waals surface area contributed by atoms with Crippen molar-refractivity contribution in [3.05, 3.63) is 0 Å². The molecule has 1 saturated carbocycles. The number of rotatable bonds is 5. The lowest BCUT2D eigenvalue weighted by atomic mass is 10.2. The van der Waals surface area contributed by atoms with Gasteiger partial charge in [0.2, 0.25) is 5.91 Å². The lowest BCUT2D eigenvalue weighted by molar-refractivity contribution is -0.136. The molecule has 0 spiro atoms. The van der Waals surface area contributed by atoms with E-state index in [1.807, 2.05) is 0 Å². The van der Waals surface area contributed by atoms with Gasteiger partial charge in [-0.1, -0.05) is 12.8 Å². The van der Waals surface area contributed by atoms with Crippen molar-refractivity contribution in [2.24, 2.45) is 5.73 Å². The zero-order valence-corrected chi connectivity index (χ0v) is 11.6. The van der Waals surface area contributed by atoms with E-state index in [-0.39, 0.29) is 6.04 Å². The average molecular weight is 253 g/mol. The maximum atomic E-state index is 12.5. The Morgan fingerprint density at radius 2 is 1.89 bits per heavy atom. The molecule has 1 unspecified atom stereocenters. The van der Waals surface area contributed by atoms with Gasteiger partial charge in [-0.25, -0.2) is 0 Å². The molecular formula is C14H27N3O. The SMILES string of the molecule is CC(C(=O)N1CCCCCC1)N(CCN)C1CC1. The van der Waals surface area contributed by atoms with Crippen molar-refractivity contribution >= 4 is 5.91 Å². The smallest absolute Gasteiger partial charge is 0.239 e. The van der Waals surface area contributed by atoms with Crippen LogP contribution in [-0.2, 0) is 4.79 Å². The maximum absolute atomic E-state index is 12.5. The molecule has 0 aromatic carbocycles. The van der Waals surface area contributed by atoms with E-state index >= 15 is 0 Å². The monoisotopic (exact) mass is 253 g/mol. The summed E-state index contributed by atoms with van der Waals surface area (Å²) < 4.78 is 0. The minimum Gasteiger partial charge on any atom is -0.341 e. The summed E-state index contributed by atoms with van der Waals surface area (Å²) in [5, 5.41) is 0. The highest BCUT2D eigenvalue weighted by Crippen LogP contribution is 2.28. The number of carbonyl (C=O) groups excluding carboxylic acids is 1. The predicted octanol–water partition coefficient (Wildman–Crippen LogP) is 1.20. The van der Waals surface area contributed by atoms with Crippen LogP contribution in [0.1, 0.15) is 45.4 Å². The van der Waals surface area contributed by atoms with Gasteiger partial charge in [-0.3, -0.25) is 9.69 Å². The second-order valence-electron chi connectivity index (χ2n) is 5.67. The summed E-state index contributed by atoms with van der Waals surface area (Å²) >= 11 is 0. The van der Waals surface area contributed by atoms with E-state index in [9.17, 15) is 4.79 Å². The first kappa shape index (κ1) is 13.8. The van der Waals surface area contributed by atoms with Crippen LogP contribution in [0.2, 0.25) is 0 Å². The van der Waals surface area contributed by atoms with Crippen molar-refractivity contribution in [1.29, 1.82) is 0 Å². The largest absolute Gasteiger partial charge is 0.341 e. The summed E-state index contributed by atoms with van der Waals surface area (Å²) in [5.41, 5.74) is 5.67. The first-order chi connectivity index (χ1) is 8.74. The van der Waals surface area contributed by atoms with Crippen molar-refractivity contribution in [1.82, 2.24) is 9.80 Å². The molecule has 1 aliphatic heterocycles. The van der Waals surface area contributed by atoms with Crippen LogP contribution in [-0.4, -0.2) is 54.0 Å². The Morgan fingerprint density at radius 1 is 1.28 bits per heavy atom. The molecule has 0 aromatic rings. The Kier molecular flexibility index (Phi) is 5.01. The van der Waals surface area contributed by atoms with Gasteiger partial charge in [-0.15, -0.1) is 0 Å². The number of hydrogen-bond donors (Lipinski definition) is 1. The number of likely N-dealkylation sites (tertiary alicyclic amines) is 1. The summed E-state index contributed by atoms with van der Waals surface area (Å²) in [5.74, 6) is 0.317. The molecule has 104 valence electrons. The summed E-state index contributed by atoms with van der Waals surface area (Å²) in [4.78, 5) is 16.9. The summed E-state index contributed by atoms with van der Waals surface area (Å²) in [6.07, 6.45) is 7.34. The van der Waals surface area contributed by atoms with Crippen LogP contribution in [0.3, 0.4) is 0 Å². The van der Waals surface area contributed by atoms with Crippen LogP contribution in [0.15, 0.2) is 0 Å². The Morgan fingerprint density at radius 3 is 2.39 bits per heavy atom. The zero-order valence-electron chi connectivity index (χ0n) is 11.6. The highest BCUT2D eigenvalue weighted by molar-refractivity contribution is 5.81. The van der Waals surface area contributed by atoms with Gasteiger partial charge in [-0.2, -0.15) is 0 Å². The number of nitrogens with zero attached hydrogens (tertiary/aromatic N) is 2. The molecule has 1 atom stereocenters. The molecule has 1 heterocycles. The Bertz CT molecular complexity index is 270. The van der Waals surface area contributed by atoms with Gasteiger partial charge in [0, 0.05) is 32.2 Å². The predicted molar refractivity (Wildman–Crippen MR) is 73.3 cm³/mol. The molecule has 0 radical (unpaired) electrons. The molecule has 2 aliphatic rings. The first-order valence-corrected chi connectivity index (χ1v) is 7.48. The van der Waals surface area contributed by atoms with E-state index in [4.69, 9.17) is 5.73 Å². The van der Waals surface area contributed by atoms with Crippen molar-refractivity contribution < 1.29 is 4.79 Å². The minimum absolute atomic E-state index is 0.0131. The molecule has 2 fully saturated rings. The molecule has 0 aromatic heterocycles.